The van der Waals surface area contributed by atoms with E-state index in [9.17, 15) is 0 Å². The van der Waals surface area contributed by atoms with E-state index in [2.05, 4.69) is 331 Å². The Morgan fingerprint density at radius 3 is 1.76 bits per heavy atom. The van der Waals surface area contributed by atoms with Gasteiger partial charge >= 0.3 is 0 Å². The van der Waals surface area contributed by atoms with Gasteiger partial charge in [0.25, 0.3) is 0 Å². The number of halogens is 1. The number of hydrogen-bond acceptors (Lipinski definition) is 6. The molecule has 1 unspecified atom stereocenters. The molecule has 1 aliphatic heterocycles. The molecule has 15 aromatic carbocycles. The van der Waals surface area contributed by atoms with E-state index >= 15 is 0 Å². The standard InChI is InChI=1S/C89H53ClN2O2S2/c90-60-38-43-75-84(47-60)96-85-53-63(91(61-39-36-56(37-40-61)54-18-3-1-4-19-54)64-50-71(59-35-34-55-20-7-8-23-58(55)46-59)88-73(51-64)66-24-10-14-31-79(66)94-88)41-44-76(85)89(75)74-28-13-9-26-68(74)87-77(89)29-17-30-78(87)92(62-42-45-83-72(48-62)67-25-12-16-33-82(67)95-83)65-49-70(57-21-5-2-6-22-57)86-69-27-11-15-32-80(69)93-81(86)52-65/h1-53H. The third-order valence-electron chi connectivity index (χ3n) is 19.9. The van der Waals surface area contributed by atoms with Gasteiger partial charge in [0.15, 0.2) is 0 Å². The van der Waals surface area contributed by atoms with Gasteiger partial charge in [-0.3, -0.25) is 0 Å². The Morgan fingerprint density at radius 2 is 0.917 bits per heavy atom. The fraction of sp³-hybridized carbons (Fsp3) is 0.0112. The highest BCUT2D eigenvalue weighted by atomic mass is 35.5. The van der Waals surface area contributed by atoms with Gasteiger partial charge in [0.1, 0.15) is 22.3 Å². The summed E-state index contributed by atoms with van der Waals surface area (Å²) < 4.78 is 16.4. The predicted octanol–water partition coefficient (Wildman–Crippen LogP) is 26.4. The highest BCUT2D eigenvalue weighted by Crippen LogP contribution is 2.65. The fourth-order valence-electron chi connectivity index (χ4n) is 15.8. The molecule has 450 valence electrons. The molecule has 1 spiro atoms. The summed E-state index contributed by atoms with van der Waals surface area (Å²) in [5, 5.41) is 9.81. The summed E-state index contributed by atoms with van der Waals surface area (Å²) in [6.45, 7) is 0. The zero-order valence-electron chi connectivity index (χ0n) is 51.5. The van der Waals surface area contributed by atoms with E-state index < -0.39 is 5.41 Å². The minimum atomic E-state index is -0.780. The van der Waals surface area contributed by atoms with Crippen molar-refractivity contribution in [2.75, 3.05) is 9.80 Å². The Kier molecular flexibility index (Phi) is 12.4. The summed E-state index contributed by atoms with van der Waals surface area (Å²) in [7, 11) is 0. The molecule has 0 N–H and O–H groups in total. The average molecular weight is 1280 g/mol. The first-order valence-electron chi connectivity index (χ1n) is 32.4. The van der Waals surface area contributed by atoms with Gasteiger partial charge in [-0.15, -0.1) is 11.3 Å². The Bertz CT molecular complexity index is 6230. The third-order valence-corrected chi connectivity index (χ3v) is 22.4. The van der Waals surface area contributed by atoms with Gasteiger partial charge in [0.05, 0.1) is 16.8 Å². The molecule has 0 fully saturated rings. The molecule has 7 heteroatoms. The molecule has 1 aliphatic carbocycles. The van der Waals surface area contributed by atoms with E-state index in [1.165, 1.54) is 64.3 Å². The van der Waals surface area contributed by atoms with E-state index in [4.69, 9.17) is 20.4 Å². The highest BCUT2D eigenvalue weighted by Gasteiger charge is 2.51. The molecule has 4 nitrogen and oxygen atoms in total. The lowest BCUT2D eigenvalue weighted by Gasteiger charge is -2.40. The topological polar surface area (TPSA) is 32.8 Å². The molecule has 0 saturated heterocycles. The summed E-state index contributed by atoms with van der Waals surface area (Å²) in [5.41, 5.74) is 22.5. The van der Waals surface area contributed by atoms with Crippen molar-refractivity contribution in [2.24, 2.45) is 0 Å². The fourth-order valence-corrected chi connectivity index (χ4v) is 18.3. The number of nitrogens with zero attached hydrogens (tertiary/aromatic N) is 2. The van der Waals surface area contributed by atoms with Crippen LogP contribution in [0.3, 0.4) is 0 Å². The lowest BCUT2D eigenvalue weighted by molar-refractivity contribution is 0.669. The summed E-state index contributed by atoms with van der Waals surface area (Å²) in [4.78, 5) is 7.18. The molecule has 1 atom stereocenters. The van der Waals surface area contributed by atoms with Gasteiger partial charge in [-0.05, 0) is 170 Å². The van der Waals surface area contributed by atoms with Gasteiger partial charge < -0.3 is 18.6 Å². The quantitative estimate of drug-likeness (QED) is 0.144. The molecule has 20 rings (SSSR count). The first-order chi connectivity index (χ1) is 47.5. The molecule has 18 aromatic rings. The molecule has 0 saturated carbocycles. The van der Waals surface area contributed by atoms with Crippen LogP contribution in [-0.4, -0.2) is 0 Å². The average Bonchev–Trinajstić information content (AvgIpc) is 1.47. The van der Waals surface area contributed by atoms with Crippen molar-refractivity contribution in [3.05, 3.63) is 349 Å². The Labute approximate surface area is 566 Å². The molecule has 0 amide bonds. The van der Waals surface area contributed by atoms with Gasteiger partial charge in [0, 0.05) is 96.5 Å². The molecule has 0 bridgehead atoms. The van der Waals surface area contributed by atoms with Crippen LogP contribution >= 0.6 is 34.7 Å². The summed E-state index contributed by atoms with van der Waals surface area (Å²) in [5.74, 6) is 0. The molecule has 4 heterocycles. The first kappa shape index (κ1) is 55.1. The van der Waals surface area contributed by atoms with Crippen LogP contribution in [0, 0.1) is 0 Å². The van der Waals surface area contributed by atoms with Crippen molar-refractivity contribution in [3.8, 4) is 44.5 Å². The number of anilines is 6. The van der Waals surface area contributed by atoms with Crippen LogP contribution in [0.2, 0.25) is 5.02 Å². The third kappa shape index (κ3) is 8.42. The van der Waals surface area contributed by atoms with Crippen LogP contribution in [0.25, 0.3) is 119 Å². The van der Waals surface area contributed by atoms with Crippen LogP contribution in [0.5, 0.6) is 0 Å². The number of hydrogen-bond donors (Lipinski definition) is 0. The number of fused-ring (bicyclic) bond motifs is 19. The Hall–Kier alpha value is -11.4. The van der Waals surface area contributed by atoms with Crippen LogP contribution in [-0.2, 0) is 5.41 Å². The van der Waals surface area contributed by atoms with Gasteiger partial charge in [-0.2, -0.15) is 0 Å². The van der Waals surface area contributed by atoms with E-state index in [1.54, 1.807) is 11.8 Å². The zero-order valence-corrected chi connectivity index (χ0v) is 53.9. The van der Waals surface area contributed by atoms with Gasteiger partial charge in [-0.25, -0.2) is 0 Å². The molecule has 3 aromatic heterocycles. The predicted molar refractivity (Wildman–Crippen MR) is 404 cm³/mol. The van der Waals surface area contributed by atoms with E-state index in [0.717, 1.165) is 121 Å². The van der Waals surface area contributed by atoms with Crippen molar-refractivity contribution in [2.45, 2.75) is 15.2 Å². The summed E-state index contributed by atoms with van der Waals surface area (Å²) in [6.07, 6.45) is 0. The van der Waals surface area contributed by atoms with E-state index in [0.29, 0.717) is 5.02 Å². The van der Waals surface area contributed by atoms with Crippen molar-refractivity contribution in [3.63, 3.8) is 0 Å². The lowest BCUT2D eigenvalue weighted by Crippen LogP contribution is -2.32. The van der Waals surface area contributed by atoms with Crippen molar-refractivity contribution in [1.29, 1.82) is 0 Å². The Balaban J connectivity index is 0.829. The maximum absolute atomic E-state index is 7.23. The van der Waals surface area contributed by atoms with E-state index in [-0.39, 0.29) is 0 Å². The minimum absolute atomic E-state index is 0.691. The molecule has 96 heavy (non-hydrogen) atoms. The molecule has 2 aliphatic rings. The lowest BCUT2D eigenvalue weighted by atomic mass is 9.67. The summed E-state index contributed by atoms with van der Waals surface area (Å²) >= 11 is 10.9. The molecular formula is C89H53ClN2O2S2. The van der Waals surface area contributed by atoms with Gasteiger partial charge in [-0.1, -0.05) is 236 Å². The maximum atomic E-state index is 7.23. The number of furan rings is 2. The van der Waals surface area contributed by atoms with Crippen molar-refractivity contribution in [1.82, 2.24) is 0 Å². The minimum Gasteiger partial charge on any atom is -0.456 e. The number of benzene rings is 15. The SMILES string of the molecule is Clc1ccc2c(c1)Sc1cc(N(c3ccc(-c4ccccc4)cc3)c3cc(-c4ccc5ccccc5c4)c4oc5ccccc5c4c3)ccc1C21c2ccccc2-c2c(N(c3cc(-c4ccccc4)c4c(c3)oc3ccccc34)c3ccc4sc5ccccc5c4c3)cccc21. The largest absolute Gasteiger partial charge is 0.456 e. The second-order valence-corrected chi connectivity index (χ2v) is 27.7. The monoisotopic (exact) mass is 1280 g/mol. The van der Waals surface area contributed by atoms with Crippen LogP contribution in [0.1, 0.15) is 22.3 Å². The number of thiophene rings is 1. The zero-order chi connectivity index (χ0) is 63.2. The smallest absolute Gasteiger partial charge is 0.143 e. The van der Waals surface area contributed by atoms with Crippen LogP contribution in [0.15, 0.2) is 340 Å². The normalized spacial score (nSPS) is 13.9. The Morgan fingerprint density at radius 1 is 0.312 bits per heavy atom. The maximum Gasteiger partial charge on any atom is 0.143 e. The van der Waals surface area contributed by atoms with Crippen molar-refractivity contribution < 1.29 is 8.83 Å². The molecule has 0 radical (unpaired) electrons. The second-order valence-electron chi connectivity index (χ2n) is 25.1. The highest BCUT2D eigenvalue weighted by molar-refractivity contribution is 7.99. The van der Waals surface area contributed by atoms with Gasteiger partial charge in [0.2, 0.25) is 0 Å². The second kappa shape index (κ2) is 21.6. The van der Waals surface area contributed by atoms with Crippen LogP contribution in [0.4, 0.5) is 34.1 Å². The number of para-hydroxylation sites is 2. The van der Waals surface area contributed by atoms with E-state index in [1.807, 2.05) is 11.3 Å². The number of rotatable bonds is 9. The van der Waals surface area contributed by atoms with Crippen molar-refractivity contribution >= 4 is 144 Å². The van der Waals surface area contributed by atoms with Crippen LogP contribution < -0.4 is 9.80 Å². The molecular weight excluding hydrogens is 1230 g/mol. The first-order valence-corrected chi connectivity index (χ1v) is 34.5. The summed E-state index contributed by atoms with van der Waals surface area (Å²) in [6, 6.07) is 118.